The molecule has 9 rings (SSSR count). The SMILES string of the molecule is CCCC[C@H]1C(=O)N2C[C@H](O)C[C@@H]2C(=O)N[C@@H](CC(=O)O)C(=O)N[C@@H](C(C)C)C(=O)N(C)[C@H](Cc2ccccc2)C(=O)C[C@@H](CCC(N)=O)C(=O)N2C[C@H](O)C[C@@H]2C(=O)N[C@@H](Cc2c[nH]c3ccccc23)C(=O)N[C@@H](Cc2ccc(O)cc2)C(=O)N[C@@H](CC(C)C)C(=O)N[C@H](C(=O)NCC(N)=O)CSCC(=O)N[C@@H](Cc2ccc(F)c(F)c2)C(=O)N(C)[C@@H](Cc2ccccc2)C(=O)N1C. The van der Waals surface area contributed by atoms with Crippen LogP contribution in [-0.2, 0) is 114 Å². The van der Waals surface area contributed by atoms with Crippen LogP contribution >= 0.6 is 11.8 Å². The number of benzene rings is 5. The number of aliphatic carboxylic acids is 1. The number of rotatable bonds is 24. The second-order valence-corrected chi connectivity index (χ2v) is 36.1. The van der Waals surface area contributed by atoms with E-state index in [2.05, 4.69) is 47.5 Å². The molecule has 5 aromatic carbocycles. The van der Waals surface area contributed by atoms with Crippen molar-refractivity contribution in [3.8, 4) is 5.75 Å². The van der Waals surface area contributed by atoms with Crippen molar-refractivity contribution in [2.24, 2.45) is 29.2 Å². The molecular weight excluding hydrogens is 1760 g/mol. The van der Waals surface area contributed by atoms with Crippen molar-refractivity contribution < 1.29 is 111 Å². The summed E-state index contributed by atoms with van der Waals surface area (Å²) < 4.78 is 29.8. The summed E-state index contributed by atoms with van der Waals surface area (Å²) in [6.07, 6.45) is -6.49. The number of likely N-dealkylation sites (N-methyl/N-ethyl adjacent to an activating group) is 3. The number of carboxylic acid groups (broad SMARTS) is 1. The zero-order chi connectivity index (χ0) is 98.1. The Morgan fingerprint density at radius 2 is 1.05 bits per heavy atom. The molecule has 15 amide bonds. The highest BCUT2D eigenvalue weighted by Gasteiger charge is 2.48. The van der Waals surface area contributed by atoms with Crippen molar-refractivity contribution in [1.82, 2.24) is 72.0 Å². The average molecular weight is 1880 g/mol. The van der Waals surface area contributed by atoms with Gasteiger partial charge in [-0.15, -0.1) is 11.8 Å². The van der Waals surface area contributed by atoms with Crippen LogP contribution in [0.1, 0.15) is 127 Å². The quantitative estimate of drug-likeness (QED) is 0.0402. The number of Topliss-reactive ketones (excluding diaryl/α,β-unsaturated/α-hetero) is 1. The third-order valence-electron chi connectivity index (χ3n) is 24.0. The van der Waals surface area contributed by atoms with Crippen LogP contribution in [0.2, 0.25) is 0 Å². The molecule has 0 unspecified atom stereocenters. The van der Waals surface area contributed by atoms with E-state index in [1.165, 1.54) is 59.3 Å². The standard InChI is InChI=1S/C94H120F2N16O21S/c1-9-10-25-72-93(132)112-48-61(115)43-75(112)89(128)105-69(44-81(120)121)87(126)107-82(52(4)5)94(133)109(7)73(38-53-19-13-11-14-20-53)77(116)41-57(29-33-78(97)117)90(129)111-47-60(114)42-74(111)88(127)104-68(40-58-45-99-65-24-18-17-23-62(58)65)86(125)103-67(36-55-26-30-59(113)31-27-55)85(124)102-66(34-51(2)3)84(123)106-71(83(122)100-46-79(98)118)49-134-50-80(119)101-70(37-56-28-32-63(95)64(96)35-56)91(130)110(8)76(92(131)108(72)6)39-54-21-15-12-16-22-54/h11-24,26-28,30-32,35,45,51-52,57,60-61,66-76,82,99,113-115H,9-10,25,29,33-34,36-44,46-50H2,1-8H3,(H2,97,117)(H2,98,118)(H,100,122)(H,101,119)(H,102,124)(H,103,125)(H,104,127)(H,105,128)(H,106,123)(H,107,126)(H,120,121)/t57-,60-,61-,66+,67+,68+,69+,70+,71+,72+,73-,74-,75-,76+,82+/m1/s1. The van der Waals surface area contributed by atoms with Gasteiger partial charge < -0.3 is 104 Å². The fourth-order valence-corrected chi connectivity index (χ4v) is 17.6. The van der Waals surface area contributed by atoms with E-state index in [9.17, 15) is 58.4 Å². The fraction of sp³-hybridized carbons (Fsp3) is 0.479. The molecule has 134 heavy (non-hydrogen) atoms. The second-order valence-electron chi connectivity index (χ2n) is 35.1. The van der Waals surface area contributed by atoms with Gasteiger partial charge in [0.1, 0.15) is 72.2 Å². The largest absolute Gasteiger partial charge is 0.508 e. The fourth-order valence-electron chi connectivity index (χ4n) is 16.7. The summed E-state index contributed by atoms with van der Waals surface area (Å²) in [4.78, 5) is 259. The molecule has 6 aromatic rings. The van der Waals surface area contributed by atoms with Crippen LogP contribution in [0.25, 0.3) is 10.9 Å². The average Bonchev–Trinajstić information content (AvgIpc) is 1.56. The van der Waals surface area contributed by atoms with Gasteiger partial charge in [0.2, 0.25) is 88.6 Å². The maximum Gasteiger partial charge on any atom is 0.305 e. The number of para-hydroxylation sites is 1. The van der Waals surface area contributed by atoms with Crippen molar-refractivity contribution in [2.75, 3.05) is 52.3 Å². The topological polar surface area (TPSA) is 551 Å². The van der Waals surface area contributed by atoms with E-state index >= 15 is 52.3 Å². The number of aromatic amines is 1. The minimum Gasteiger partial charge on any atom is -0.508 e. The number of nitrogens with zero attached hydrogens (tertiary/aromatic N) is 5. The Kier molecular flexibility index (Phi) is 38.2. The predicted molar refractivity (Wildman–Crippen MR) is 487 cm³/mol. The number of aliphatic hydroxyl groups is 2. The minimum atomic E-state index is -2.04. The first-order valence-electron chi connectivity index (χ1n) is 44.5. The summed E-state index contributed by atoms with van der Waals surface area (Å²) in [5.74, 6) is -24.3. The van der Waals surface area contributed by atoms with Gasteiger partial charge in [0.05, 0.1) is 37.0 Å². The molecule has 0 aliphatic carbocycles. The highest BCUT2D eigenvalue weighted by atomic mass is 32.2. The zero-order valence-electron chi connectivity index (χ0n) is 75.9. The molecule has 3 aliphatic rings. The lowest BCUT2D eigenvalue weighted by molar-refractivity contribution is -0.152. The van der Waals surface area contributed by atoms with Gasteiger partial charge >= 0.3 is 5.97 Å². The van der Waals surface area contributed by atoms with Gasteiger partial charge in [-0.3, -0.25) is 81.5 Å². The number of thioether (sulfide) groups is 1. The predicted octanol–water partition coefficient (Wildman–Crippen LogP) is 1.02. The van der Waals surface area contributed by atoms with Gasteiger partial charge in [-0.1, -0.05) is 145 Å². The Bertz CT molecular complexity index is 5230. The molecule has 37 nitrogen and oxygen atoms in total. The lowest BCUT2D eigenvalue weighted by atomic mass is 9.89. The number of phenolic OH excluding ortho intramolecular Hbond substituents is 1. The third kappa shape index (κ3) is 29.1. The summed E-state index contributed by atoms with van der Waals surface area (Å²) in [6.45, 7) is 6.37. The lowest BCUT2D eigenvalue weighted by Gasteiger charge is -2.38. The molecule has 722 valence electrons. The number of amides is 15. The Labute approximate surface area is 777 Å². The molecule has 0 bridgehead atoms. The Morgan fingerprint density at radius 3 is 1.63 bits per heavy atom. The van der Waals surface area contributed by atoms with Crippen molar-refractivity contribution in [2.45, 2.75) is 216 Å². The molecule has 3 saturated heterocycles. The normalized spacial score (nSPS) is 24.7. The van der Waals surface area contributed by atoms with Gasteiger partial charge in [-0.2, -0.15) is 0 Å². The number of aromatic hydroxyl groups is 1. The number of primary amides is 2. The van der Waals surface area contributed by atoms with Crippen molar-refractivity contribution in [1.29, 1.82) is 0 Å². The van der Waals surface area contributed by atoms with Crippen LogP contribution in [0.4, 0.5) is 8.78 Å². The van der Waals surface area contributed by atoms with Gasteiger partial charge in [0.15, 0.2) is 17.4 Å². The van der Waals surface area contributed by atoms with E-state index in [-0.39, 0.29) is 56.3 Å². The lowest BCUT2D eigenvalue weighted by Crippen LogP contribution is -2.61. The molecule has 17 N–H and O–H groups in total. The third-order valence-corrected chi connectivity index (χ3v) is 25.0. The van der Waals surface area contributed by atoms with Crippen LogP contribution in [0.5, 0.6) is 5.75 Å². The van der Waals surface area contributed by atoms with Crippen LogP contribution in [-0.4, -0.2) is 287 Å². The molecule has 0 spiro atoms. The van der Waals surface area contributed by atoms with E-state index in [1.807, 2.05) is 0 Å². The maximum atomic E-state index is 15.7. The van der Waals surface area contributed by atoms with Crippen molar-refractivity contribution in [3.05, 3.63) is 173 Å². The van der Waals surface area contributed by atoms with Crippen LogP contribution in [0.3, 0.4) is 0 Å². The number of halogens is 2. The van der Waals surface area contributed by atoms with Crippen LogP contribution < -0.4 is 54.0 Å². The molecule has 1 aromatic heterocycles. The zero-order valence-corrected chi connectivity index (χ0v) is 76.8. The second kappa shape index (κ2) is 48.9. The summed E-state index contributed by atoms with van der Waals surface area (Å²) in [6, 6.07) is 11.7. The van der Waals surface area contributed by atoms with Gasteiger partial charge in [0, 0.05) is 114 Å². The molecular formula is C94H120F2N16O21S. The summed E-state index contributed by atoms with van der Waals surface area (Å²) in [7, 11) is 3.73. The Balaban J connectivity index is 1.14. The number of nitrogens with two attached hydrogens (primary N) is 2. The number of aromatic nitrogens is 1. The monoisotopic (exact) mass is 1880 g/mol. The smallest absolute Gasteiger partial charge is 0.305 e. The number of aliphatic hydroxyl groups excluding tert-OH is 2. The molecule has 40 heteroatoms. The highest BCUT2D eigenvalue weighted by molar-refractivity contribution is 8.00. The Hall–Kier alpha value is -13.2. The van der Waals surface area contributed by atoms with E-state index < -0.39 is 291 Å². The van der Waals surface area contributed by atoms with Crippen LogP contribution in [0, 0.1) is 29.4 Å². The number of unbranched alkanes of at least 4 members (excludes halogenated alkanes) is 1. The highest BCUT2D eigenvalue weighted by Crippen LogP contribution is 2.31. The molecule has 3 aliphatic heterocycles. The number of phenols is 1. The van der Waals surface area contributed by atoms with E-state index in [0.29, 0.717) is 51.3 Å². The van der Waals surface area contributed by atoms with Gasteiger partial charge in [0.25, 0.3) is 0 Å². The summed E-state index contributed by atoms with van der Waals surface area (Å²) in [5.41, 5.74) is 13.5. The van der Waals surface area contributed by atoms with Crippen molar-refractivity contribution >= 4 is 123 Å². The van der Waals surface area contributed by atoms with E-state index in [4.69, 9.17) is 11.5 Å². The van der Waals surface area contributed by atoms with E-state index in [0.717, 1.165) is 42.7 Å². The van der Waals surface area contributed by atoms with Crippen LogP contribution in [0.15, 0.2) is 134 Å². The Morgan fingerprint density at radius 1 is 0.530 bits per heavy atom. The van der Waals surface area contributed by atoms with Gasteiger partial charge in [-0.25, -0.2) is 8.78 Å². The maximum absolute atomic E-state index is 15.7. The number of hydrogen-bond donors (Lipinski definition) is 15. The number of nitrogens with one attached hydrogen (secondary N) is 9. The first-order valence-corrected chi connectivity index (χ1v) is 45.7. The first kappa shape index (κ1) is 104. The number of H-pyrrole nitrogens is 1. The van der Waals surface area contributed by atoms with Crippen molar-refractivity contribution in [3.63, 3.8) is 0 Å². The minimum absolute atomic E-state index is 0.0303. The number of carbonyl (C=O) groups is 17. The number of carbonyl (C=O) groups excluding carboxylic acids is 16. The number of fused-ring (bicyclic) bond motifs is 3. The first-order chi connectivity index (χ1) is 63.6. The number of hydrogen-bond acceptors (Lipinski definition) is 21. The molecule has 15 atom stereocenters. The number of carboxylic acids is 1. The molecule has 0 saturated carbocycles. The molecule has 0 radical (unpaired) electrons. The summed E-state index contributed by atoms with van der Waals surface area (Å²) in [5, 5.41) is 65.0. The molecule has 4 heterocycles. The molecule has 3 fully saturated rings. The summed E-state index contributed by atoms with van der Waals surface area (Å²) >= 11 is 0.704. The van der Waals surface area contributed by atoms with Gasteiger partial charge in [-0.05, 0) is 95.7 Å². The number of ketones is 1. The van der Waals surface area contributed by atoms with E-state index in [1.54, 1.807) is 112 Å².